The van der Waals surface area contributed by atoms with Gasteiger partial charge in [0.1, 0.15) is 0 Å². The summed E-state index contributed by atoms with van der Waals surface area (Å²) in [4.78, 5) is 0. The van der Waals surface area contributed by atoms with Crippen LogP contribution in [-0.2, 0) is 0 Å². The van der Waals surface area contributed by atoms with Crippen LogP contribution in [0.5, 0.6) is 0 Å². The van der Waals surface area contributed by atoms with Crippen LogP contribution in [0.1, 0.15) is 0 Å². The van der Waals surface area contributed by atoms with Crippen LogP contribution in [0.4, 0.5) is 0 Å². The number of rotatable bonds is 0. The molecule has 0 atom stereocenters. The van der Waals surface area contributed by atoms with Crippen LogP contribution in [-0.4, -0.2) is 27.6 Å². The molecule has 1 nitrogen and oxygen atoms in total. The first-order valence-corrected chi connectivity index (χ1v) is 2.53. The van der Waals surface area contributed by atoms with Gasteiger partial charge in [0.25, 0.3) is 0 Å². The molecule has 0 heterocycles. The van der Waals surface area contributed by atoms with Crippen LogP contribution in [0.2, 0.25) is 0 Å². The molecule has 0 aromatic heterocycles. The van der Waals surface area contributed by atoms with E-state index in [1.807, 2.05) is 0 Å². The van der Waals surface area contributed by atoms with E-state index < -0.39 is 0 Å². The topological polar surface area (TPSA) is 20.2 Å². The minimum absolute atomic E-state index is 1.04. The van der Waals surface area contributed by atoms with E-state index in [9.17, 15) is 0 Å². The van der Waals surface area contributed by atoms with Crippen molar-refractivity contribution in [3.05, 3.63) is 10.4 Å². The summed E-state index contributed by atoms with van der Waals surface area (Å²) < 4.78 is 1.65. The average molecular weight is 162 g/mol. The Hall–Kier alpha value is 0.339. The number of aliphatic hydroxyl groups excluding tert-OH is 1. The van der Waals surface area contributed by atoms with Crippen LogP contribution >= 0.6 is 0 Å². The molecule has 0 unspecified atom stereocenters. The van der Waals surface area contributed by atoms with Gasteiger partial charge in [-0.1, -0.05) is 0 Å². The molecule has 0 spiro atoms. The first-order valence-electron chi connectivity index (χ1n) is 0.880. The van der Waals surface area contributed by atoms with E-state index in [-0.39, 0.29) is 0 Å². The van der Waals surface area contributed by atoms with E-state index in [1.54, 1.807) is 4.09 Å². The predicted octanol–water partition coefficient (Wildman–Crippen LogP) is 0.184. The molecule has 0 aliphatic heterocycles. The Morgan fingerprint density at radius 1 is 1.75 bits per heavy atom. The Morgan fingerprint density at radius 2 is 2.00 bits per heavy atom. The third-order valence-corrected chi connectivity index (χ3v) is 0.500. The molecule has 0 rings (SSSR count). The van der Waals surface area contributed by atoms with E-state index in [2.05, 4.69) is 0 Å². The molecule has 0 saturated heterocycles. The van der Waals surface area contributed by atoms with Crippen LogP contribution in [0.15, 0.2) is 10.4 Å². The van der Waals surface area contributed by atoms with E-state index in [1.165, 1.54) is 22.5 Å². The maximum atomic E-state index is 7.72. The van der Waals surface area contributed by atoms with Crippen molar-refractivity contribution in [2.75, 3.05) is 0 Å². The molecule has 3 radical (unpaired) electrons. The molecule has 2 heteroatoms. The molecule has 0 fully saturated rings. The van der Waals surface area contributed by atoms with Crippen LogP contribution in [0.3, 0.4) is 0 Å². The molecule has 1 N–H and O–H groups in total. The Labute approximate surface area is 38.4 Å². The quantitative estimate of drug-likeness (QED) is 0.397. The van der Waals surface area contributed by atoms with Crippen molar-refractivity contribution >= 4 is 22.5 Å². The summed E-state index contributed by atoms with van der Waals surface area (Å²) in [5, 5.41) is 7.72. The van der Waals surface area contributed by atoms with Gasteiger partial charge in [-0.3, -0.25) is 0 Å². The summed E-state index contributed by atoms with van der Waals surface area (Å²) in [5.74, 6) is 0. The van der Waals surface area contributed by atoms with Crippen molar-refractivity contribution in [1.29, 1.82) is 0 Å². The first kappa shape index (κ1) is 4.34. The van der Waals surface area contributed by atoms with Crippen molar-refractivity contribution in [3.8, 4) is 0 Å². The second-order valence-corrected chi connectivity index (χ2v) is 1.27. The zero-order chi connectivity index (χ0) is 3.41. The molecule has 0 bridgehead atoms. The van der Waals surface area contributed by atoms with E-state index in [0.717, 1.165) is 6.26 Å². The summed E-state index contributed by atoms with van der Waals surface area (Å²) in [6.07, 6.45) is 1.04. The third kappa shape index (κ3) is 2.34. The fourth-order valence-corrected chi connectivity index (χ4v) is 0. The summed E-state index contributed by atoms with van der Waals surface area (Å²) in [6, 6.07) is 0. The zero-order valence-corrected chi connectivity index (χ0v) is 4.96. The van der Waals surface area contributed by atoms with Gasteiger partial charge in [-0.2, -0.15) is 0 Å². The van der Waals surface area contributed by atoms with E-state index in [0.29, 0.717) is 0 Å². The van der Waals surface area contributed by atoms with Gasteiger partial charge in [-0.15, -0.1) is 0 Å². The predicted molar refractivity (Wildman–Crippen MR) is 17.5 cm³/mol. The van der Waals surface area contributed by atoms with Gasteiger partial charge in [0.2, 0.25) is 0 Å². The molecule has 4 heavy (non-hydrogen) atoms. The summed E-state index contributed by atoms with van der Waals surface area (Å²) >= 11 is 1.24. The Kier molecular flexibility index (Phi) is 3.62. The molecule has 0 saturated carbocycles. The van der Waals surface area contributed by atoms with Gasteiger partial charge in [-0.05, 0) is 0 Å². The van der Waals surface area contributed by atoms with Gasteiger partial charge in [0.15, 0.2) is 0 Å². The molecule has 21 valence electrons. The molecule has 0 aliphatic carbocycles. The summed E-state index contributed by atoms with van der Waals surface area (Å²) in [5.41, 5.74) is 0. The first-order chi connectivity index (χ1) is 1.91. The SMILES string of the molecule is OC=[CH][Sn]. The fourth-order valence-electron chi connectivity index (χ4n) is 0. The van der Waals surface area contributed by atoms with Crippen LogP contribution in [0.25, 0.3) is 0 Å². The fraction of sp³-hybridized carbons (Fsp3) is 0. The maximum absolute atomic E-state index is 7.72. The van der Waals surface area contributed by atoms with Gasteiger partial charge >= 0.3 is 38.0 Å². The van der Waals surface area contributed by atoms with Crippen molar-refractivity contribution in [3.63, 3.8) is 0 Å². The normalized spacial score (nSPS) is 9.25. The van der Waals surface area contributed by atoms with Gasteiger partial charge in [0, 0.05) is 0 Å². The zero-order valence-electron chi connectivity index (χ0n) is 2.10. The number of hydrogen-bond donors (Lipinski definition) is 1. The van der Waals surface area contributed by atoms with E-state index >= 15 is 0 Å². The third-order valence-electron chi connectivity index (χ3n) is 0.0745. The molecular weight excluding hydrogens is 159 g/mol. The Morgan fingerprint density at radius 3 is 2.00 bits per heavy atom. The summed E-state index contributed by atoms with van der Waals surface area (Å²) in [7, 11) is 0. The van der Waals surface area contributed by atoms with Crippen LogP contribution in [0, 0.1) is 0 Å². The molecule has 0 aliphatic rings. The monoisotopic (exact) mass is 163 g/mol. The Balaban J connectivity index is 2.55. The standard InChI is InChI=1S/C2H3O.Sn/c1-2-3;/h1-3H;. The minimum atomic E-state index is 1.04. The average Bonchev–Trinajstić information content (AvgIpc) is 1.37. The van der Waals surface area contributed by atoms with Gasteiger partial charge in [-0.25, -0.2) is 0 Å². The number of hydrogen-bond acceptors (Lipinski definition) is 1. The number of aliphatic hydroxyl groups is 1. The second kappa shape index (κ2) is 3.34. The molecule has 0 amide bonds. The molecular formula is C2H3OSn. The van der Waals surface area contributed by atoms with Gasteiger partial charge < -0.3 is 0 Å². The van der Waals surface area contributed by atoms with Crippen molar-refractivity contribution < 1.29 is 5.11 Å². The van der Waals surface area contributed by atoms with Crippen LogP contribution < -0.4 is 0 Å². The van der Waals surface area contributed by atoms with Crippen molar-refractivity contribution in [2.45, 2.75) is 0 Å². The van der Waals surface area contributed by atoms with Gasteiger partial charge in [0.05, 0.1) is 0 Å². The van der Waals surface area contributed by atoms with Crippen molar-refractivity contribution in [2.24, 2.45) is 0 Å². The summed E-state index contributed by atoms with van der Waals surface area (Å²) in [6.45, 7) is 0. The molecule has 0 aromatic carbocycles. The van der Waals surface area contributed by atoms with E-state index in [4.69, 9.17) is 5.11 Å². The molecule has 0 aromatic rings. The van der Waals surface area contributed by atoms with Crippen molar-refractivity contribution in [1.82, 2.24) is 0 Å². The second-order valence-electron chi connectivity index (χ2n) is 0.316. The Bertz CT molecular complexity index is 21.2.